The van der Waals surface area contributed by atoms with Crippen molar-refractivity contribution in [2.75, 3.05) is 19.7 Å². The van der Waals surface area contributed by atoms with Crippen molar-refractivity contribution in [2.45, 2.75) is 60.0 Å². The number of carbonyl (C=O) groups is 1. The fraction of sp³-hybridized carbons (Fsp3) is 0.481. The summed E-state index contributed by atoms with van der Waals surface area (Å²) in [6.07, 6.45) is 2.83. The molecular weight excluding hydrogens is 460 g/mol. The van der Waals surface area contributed by atoms with E-state index in [-0.39, 0.29) is 19.6 Å². The Bertz CT molecular complexity index is 1170. The third kappa shape index (κ3) is 7.35. The maximum atomic E-state index is 10.6. The summed E-state index contributed by atoms with van der Waals surface area (Å²) in [5.41, 5.74) is 5.70. The molecule has 1 aromatic carbocycles. The fourth-order valence-electron chi connectivity index (χ4n) is 3.95. The molecule has 9 nitrogen and oxygen atoms in total. The Balaban J connectivity index is 1.71. The third-order valence-corrected chi connectivity index (χ3v) is 5.80. The number of hydrogen-bond acceptors (Lipinski definition) is 8. The van der Waals surface area contributed by atoms with E-state index in [9.17, 15) is 9.90 Å². The van der Waals surface area contributed by atoms with Crippen LogP contribution in [0.3, 0.4) is 0 Å². The standard InChI is InChI=1S/C27H36N4O5/c1-6-19-12-20(10-18(5)25(19)35-15-22(32)14-28-8-7-24(33)34)26-30-27(36-31-26)23-11-17(4)21(13-29-23)9-16(2)3/h10-13,16,22,28,32H,6-9,14-15H2,1-5H3,(H,33,34)/t22-/m0/s1. The Labute approximate surface area is 211 Å². The minimum absolute atomic E-state index is 0.00500. The van der Waals surface area contributed by atoms with E-state index >= 15 is 0 Å². The molecule has 1 atom stereocenters. The second-order valence-corrected chi connectivity index (χ2v) is 9.46. The highest BCUT2D eigenvalue weighted by molar-refractivity contribution is 5.66. The summed E-state index contributed by atoms with van der Waals surface area (Å²) in [4.78, 5) is 19.7. The van der Waals surface area contributed by atoms with Crippen molar-refractivity contribution >= 4 is 5.97 Å². The SMILES string of the molecule is CCc1cc(-c2noc(-c3cc(C)c(CC(C)C)cn3)n2)cc(C)c1OC[C@@H](O)CNCCC(=O)O. The van der Waals surface area contributed by atoms with Gasteiger partial charge in [-0.3, -0.25) is 9.78 Å². The molecule has 0 saturated heterocycles. The maximum absolute atomic E-state index is 10.6. The highest BCUT2D eigenvalue weighted by Crippen LogP contribution is 2.31. The zero-order valence-corrected chi connectivity index (χ0v) is 21.7. The van der Waals surface area contributed by atoms with Gasteiger partial charge >= 0.3 is 5.97 Å². The zero-order valence-electron chi connectivity index (χ0n) is 21.7. The zero-order chi connectivity index (χ0) is 26.2. The summed E-state index contributed by atoms with van der Waals surface area (Å²) in [6.45, 7) is 11.1. The largest absolute Gasteiger partial charge is 0.490 e. The lowest BCUT2D eigenvalue weighted by Crippen LogP contribution is -2.32. The Hall–Kier alpha value is -3.30. The first kappa shape index (κ1) is 27.3. The molecule has 0 bridgehead atoms. The van der Waals surface area contributed by atoms with Gasteiger partial charge in [0.15, 0.2) is 0 Å². The number of carboxylic acids is 1. The average Bonchev–Trinajstić information content (AvgIpc) is 3.32. The minimum Gasteiger partial charge on any atom is -0.490 e. The smallest absolute Gasteiger partial charge is 0.304 e. The highest BCUT2D eigenvalue weighted by Gasteiger charge is 2.17. The number of aliphatic hydroxyl groups excluding tert-OH is 1. The number of nitrogens with one attached hydrogen (secondary N) is 1. The predicted molar refractivity (Wildman–Crippen MR) is 137 cm³/mol. The van der Waals surface area contributed by atoms with Crippen LogP contribution < -0.4 is 10.1 Å². The van der Waals surface area contributed by atoms with Crippen LogP contribution in [0.25, 0.3) is 23.0 Å². The monoisotopic (exact) mass is 496 g/mol. The number of carboxylic acid groups (broad SMARTS) is 1. The molecule has 0 unspecified atom stereocenters. The first-order valence-corrected chi connectivity index (χ1v) is 12.3. The van der Waals surface area contributed by atoms with Gasteiger partial charge in [0.25, 0.3) is 5.89 Å². The molecular formula is C27H36N4O5. The lowest BCUT2D eigenvalue weighted by atomic mass is 10.0. The van der Waals surface area contributed by atoms with Crippen LogP contribution in [0.2, 0.25) is 0 Å². The van der Waals surface area contributed by atoms with Crippen molar-refractivity contribution in [3.63, 3.8) is 0 Å². The number of pyridine rings is 1. The summed E-state index contributed by atoms with van der Waals surface area (Å²) < 4.78 is 11.5. The Kier molecular flexibility index (Phi) is 9.55. The fourth-order valence-corrected chi connectivity index (χ4v) is 3.95. The second-order valence-electron chi connectivity index (χ2n) is 9.46. The number of benzene rings is 1. The normalized spacial score (nSPS) is 12.2. The second kappa shape index (κ2) is 12.6. The highest BCUT2D eigenvalue weighted by atomic mass is 16.5. The molecule has 0 aliphatic carbocycles. The first-order valence-electron chi connectivity index (χ1n) is 12.3. The van der Waals surface area contributed by atoms with Crippen LogP contribution in [0.1, 0.15) is 49.4 Å². The minimum atomic E-state index is -0.879. The number of nitrogens with zero attached hydrogens (tertiary/aromatic N) is 3. The molecule has 3 rings (SSSR count). The summed E-state index contributed by atoms with van der Waals surface area (Å²) in [6, 6.07) is 5.89. The molecule has 194 valence electrons. The van der Waals surface area contributed by atoms with Crippen LogP contribution in [0.5, 0.6) is 5.75 Å². The van der Waals surface area contributed by atoms with Gasteiger partial charge in [0.1, 0.15) is 24.2 Å². The molecule has 0 amide bonds. The molecule has 0 aliphatic rings. The van der Waals surface area contributed by atoms with Gasteiger partial charge in [-0.25, -0.2) is 0 Å². The van der Waals surface area contributed by atoms with Gasteiger partial charge in [-0.1, -0.05) is 25.9 Å². The Morgan fingerprint density at radius 2 is 1.94 bits per heavy atom. The van der Waals surface area contributed by atoms with Crippen LogP contribution in [0.4, 0.5) is 0 Å². The molecule has 0 aliphatic heterocycles. The van der Waals surface area contributed by atoms with Gasteiger partial charge in [-0.15, -0.1) is 0 Å². The quantitative estimate of drug-likeness (QED) is 0.301. The lowest BCUT2D eigenvalue weighted by molar-refractivity contribution is -0.136. The summed E-state index contributed by atoms with van der Waals surface area (Å²) in [5.74, 6) is 1.24. The number of ether oxygens (including phenoxy) is 1. The number of aromatic nitrogens is 3. The van der Waals surface area contributed by atoms with Crippen molar-refractivity contribution in [3.8, 4) is 28.7 Å². The predicted octanol–water partition coefficient (Wildman–Crippen LogP) is 3.98. The molecule has 3 N–H and O–H groups in total. The van der Waals surface area contributed by atoms with Crippen molar-refractivity contribution < 1.29 is 24.3 Å². The van der Waals surface area contributed by atoms with Crippen LogP contribution in [0, 0.1) is 19.8 Å². The van der Waals surface area contributed by atoms with E-state index in [4.69, 9.17) is 14.4 Å². The van der Waals surface area contributed by atoms with E-state index in [0.717, 1.165) is 35.1 Å². The molecule has 9 heteroatoms. The number of aliphatic hydroxyl groups is 1. The van der Waals surface area contributed by atoms with Gasteiger partial charge in [-0.05, 0) is 73.1 Å². The van der Waals surface area contributed by atoms with Crippen molar-refractivity contribution in [1.29, 1.82) is 0 Å². The number of aryl methyl sites for hydroxylation is 3. The maximum Gasteiger partial charge on any atom is 0.304 e. The number of hydrogen-bond donors (Lipinski definition) is 3. The summed E-state index contributed by atoms with van der Waals surface area (Å²) in [7, 11) is 0. The van der Waals surface area contributed by atoms with Crippen LogP contribution in [-0.4, -0.2) is 57.1 Å². The molecule has 0 saturated carbocycles. The van der Waals surface area contributed by atoms with E-state index in [0.29, 0.717) is 35.6 Å². The molecule has 2 heterocycles. The molecule has 3 aromatic rings. The molecule has 0 fully saturated rings. The number of rotatable bonds is 13. The Morgan fingerprint density at radius 1 is 1.17 bits per heavy atom. The van der Waals surface area contributed by atoms with Gasteiger partial charge in [-0.2, -0.15) is 4.98 Å². The Morgan fingerprint density at radius 3 is 2.61 bits per heavy atom. The third-order valence-electron chi connectivity index (χ3n) is 5.80. The van der Waals surface area contributed by atoms with E-state index in [2.05, 4.69) is 41.2 Å². The van der Waals surface area contributed by atoms with Gasteiger partial charge in [0, 0.05) is 24.8 Å². The molecule has 0 radical (unpaired) electrons. The van der Waals surface area contributed by atoms with Gasteiger partial charge in [0.2, 0.25) is 5.82 Å². The van der Waals surface area contributed by atoms with E-state index in [1.807, 2.05) is 38.2 Å². The molecule has 2 aromatic heterocycles. The first-order chi connectivity index (χ1) is 17.2. The van der Waals surface area contributed by atoms with Crippen molar-refractivity contribution in [3.05, 3.63) is 46.6 Å². The van der Waals surface area contributed by atoms with Crippen molar-refractivity contribution in [2.24, 2.45) is 5.92 Å². The van der Waals surface area contributed by atoms with E-state index < -0.39 is 12.1 Å². The van der Waals surface area contributed by atoms with Crippen LogP contribution in [0.15, 0.2) is 28.9 Å². The molecule has 36 heavy (non-hydrogen) atoms. The number of aliphatic carboxylic acids is 1. The van der Waals surface area contributed by atoms with E-state index in [1.54, 1.807) is 0 Å². The molecule has 0 spiro atoms. The van der Waals surface area contributed by atoms with Gasteiger partial charge < -0.3 is 24.8 Å². The topological polar surface area (TPSA) is 131 Å². The van der Waals surface area contributed by atoms with Crippen LogP contribution in [-0.2, 0) is 17.6 Å². The average molecular weight is 497 g/mol. The van der Waals surface area contributed by atoms with E-state index in [1.165, 1.54) is 5.56 Å². The van der Waals surface area contributed by atoms with Gasteiger partial charge in [0.05, 0.1) is 6.42 Å². The van der Waals surface area contributed by atoms with Crippen LogP contribution >= 0.6 is 0 Å². The van der Waals surface area contributed by atoms with Crippen molar-refractivity contribution in [1.82, 2.24) is 20.4 Å². The lowest BCUT2D eigenvalue weighted by Gasteiger charge is -2.17. The summed E-state index contributed by atoms with van der Waals surface area (Å²) >= 11 is 0. The summed E-state index contributed by atoms with van der Waals surface area (Å²) in [5, 5.41) is 26.0.